The number of aliphatic hydroxyl groups excluding tert-OH is 1. The number of benzene rings is 5. The molecule has 0 unspecified atom stereocenters. The Morgan fingerprint density at radius 1 is 0.714 bits per heavy atom. The maximum absolute atomic E-state index is 11.7. The first kappa shape index (κ1) is 39.0. The van der Waals surface area contributed by atoms with E-state index in [9.17, 15) is 9.90 Å². The summed E-state index contributed by atoms with van der Waals surface area (Å²) in [5, 5.41) is 17.1. The number of pyridine rings is 1. The molecule has 56 heavy (non-hydrogen) atoms. The van der Waals surface area contributed by atoms with Gasteiger partial charge in [-0.2, -0.15) is 0 Å². The molecule has 0 saturated carbocycles. The Hall–Kier alpha value is -5.29. The molecule has 9 aromatic rings. The van der Waals surface area contributed by atoms with Gasteiger partial charge in [-0.15, -0.1) is 34.9 Å². The summed E-state index contributed by atoms with van der Waals surface area (Å²) < 4.78 is 8.94. The number of rotatable bonds is 9. The van der Waals surface area contributed by atoms with E-state index in [4.69, 9.17) is 4.42 Å². The van der Waals surface area contributed by atoms with E-state index >= 15 is 0 Å². The number of carbonyl (C=O) groups is 1. The Morgan fingerprint density at radius 2 is 1.39 bits per heavy atom. The van der Waals surface area contributed by atoms with Gasteiger partial charge < -0.3 is 18.9 Å². The minimum atomic E-state index is 0. The minimum Gasteiger partial charge on any atom is -0.512 e. The maximum atomic E-state index is 11.7. The van der Waals surface area contributed by atoms with Crippen molar-refractivity contribution in [3.8, 4) is 22.4 Å². The van der Waals surface area contributed by atoms with Gasteiger partial charge >= 0.3 is 0 Å². The van der Waals surface area contributed by atoms with Crippen molar-refractivity contribution in [1.82, 2.24) is 9.38 Å². The molecule has 285 valence electrons. The standard InChI is InChI=1S/C37H23N2O.C13H24O2.Ir/c1-21-14-22(2)16-25(15-21)32-17-24(12-13-38-32)23-10-11-27-31-19-34-30(20-36(31)40-35(27)18-23)29-8-5-7-28-26-6-3-4-9-33(26)39(34)37(28)29;1-5-10(6-2)12(14)9-13(15)11(7-3)8-4;/h3-15,17-20H,1-2H3;9-11,14H,5-8H2,1-4H3;/q-1;;/b;12-9-;. The average molecular weight is 916 g/mol. The number of furan rings is 1. The minimum absolute atomic E-state index is 0. The van der Waals surface area contributed by atoms with Crippen molar-refractivity contribution in [2.45, 2.75) is 67.2 Å². The number of hydrogen-bond acceptors (Lipinski definition) is 4. The quantitative estimate of drug-likeness (QED) is 0.0890. The zero-order valence-electron chi connectivity index (χ0n) is 32.9. The van der Waals surface area contributed by atoms with Crippen molar-refractivity contribution in [2.24, 2.45) is 11.8 Å². The molecule has 1 N–H and O–H groups in total. The van der Waals surface area contributed by atoms with Gasteiger partial charge in [-0.25, -0.2) is 0 Å². The molecular weight excluding hydrogens is 869 g/mol. The molecule has 9 rings (SSSR count). The SMILES string of the molecule is CCC(CC)C(=O)/C=C(\O)C(CC)CC.Cc1[c-]c(-c2cc(-c3ccc4c(c3)oc3cc5c6cccc7c8ccccc8n(c5cc34)c76)ccn2)cc(C)c1.[Ir]. The fourth-order valence-electron chi connectivity index (χ4n) is 8.45. The van der Waals surface area contributed by atoms with E-state index in [2.05, 4.69) is 126 Å². The number of para-hydroxylation sites is 2. The number of hydrogen-bond donors (Lipinski definition) is 1. The van der Waals surface area contributed by atoms with Crippen molar-refractivity contribution in [3.05, 3.63) is 132 Å². The molecule has 0 aliphatic rings. The summed E-state index contributed by atoms with van der Waals surface area (Å²) in [5.41, 5.74) is 12.0. The molecule has 0 fully saturated rings. The molecule has 0 amide bonds. The second kappa shape index (κ2) is 16.1. The van der Waals surface area contributed by atoms with Crippen molar-refractivity contribution in [3.63, 3.8) is 0 Å². The number of allylic oxidation sites excluding steroid dienone is 2. The van der Waals surface area contributed by atoms with E-state index in [0.717, 1.165) is 75.6 Å². The van der Waals surface area contributed by atoms with Crippen molar-refractivity contribution >= 4 is 65.8 Å². The zero-order valence-corrected chi connectivity index (χ0v) is 35.3. The summed E-state index contributed by atoms with van der Waals surface area (Å²) in [7, 11) is 0. The molecule has 1 radical (unpaired) electrons. The molecule has 0 atom stereocenters. The number of aryl methyl sites for hydroxylation is 2. The van der Waals surface area contributed by atoms with Gasteiger partial charge in [0, 0.05) is 76.5 Å². The predicted octanol–water partition coefficient (Wildman–Crippen LogP) is 13.7. The van der Waals surface area contributed by atoms with Crippen LogP contribution in [0.25, 0.3) is 82.4 Å². The maximum Gasteiger partial charge on any atom is 0.162 e. The first-order valence-corrected chi connectivity index (χ1v) is 19.7. The fraction of sp³-hybridized carbons (Fsp3) is 0.240. The molecule has 4 heterocycles. The third kappa shape index (κ3) is 6.91. The molecule has 0 aliphatic heterocycles. The van der Waals surface area contributed by atoms with Gasteiger partial charge in [0.1, 0.15) is 11.2 Å². The second-order valence-electron chi connectivity index (χ2n) is 14.9. The summed E-state index contributed by atoms with van der Waals surface area (Å²) in [4.78, 5) is 16.4. The van der Waals surface area contributed by atoms with Crippen LogP contribution in [-0.2, 0) is 24.9 Å². The Balaban J connectivity index is 0.000000259. The number of carbonyl (C=O) groups excluding carboxylic acids is 1. The monoisotopic (exact) mass is 916 g/mol. The van der Waals surface area contributed by atoms with Crippen LogP contribution >= 0.6 is 0 Å². The molecule has 0 spiro atoms. The number of aromatic nitrogens is 2. The smallest absolute Gasteiger partial charge is 0.162 e. The summed E-state index contributed by atoms with van der Waals surface area (Å²) in [6, 6.07) is 38.3. The molecule has 5 aromatic carbocycles. The van der Waals surface area contributed by atoms with Crippen LogP contribution in [0.15, 0.2) is 120 Å². The molecule has 6 heteroatoms. The van der Waals surface area contributed by atoms with Crippen LogP contribution in [0.3, 0.4) is 0 Å². The van der Waals surface area contributed by atoms with Gasteiger partial charge in [-0.05, 0) is 78.9 Å². The van der Waals surface area contributed by atoms with Crippen molar-refractivity contribution in [1.29, 1.82) is 0 Å². The largest absolute Gasteiger partial charge is 0.512 e. The van der Waals surface area contributed by atoms with E-state index in [1.165, 1.54) is 49.7 Å². The third-order valence-corrected chi connectivity index (χ3v) is 11.4. The second-order valence-corrected chi connectivity index (χ2v) is 14.9. The molecular formula is C50H47IrN2O3-. The van der Waals surface area contributed by atoms with Crippen LogP contribution in [0.1, 0.15) is 64.5 Å². The summed E-state index contributed by atoms with van der Waals surface area (Å²) in [6.45, 7) is 12.3. The predicted molar refractivity (Wildman–Crippen MR) is 229 cm³/mol. The number of nitrogens with zero attached hydrogens (tertiary/aromatic N) is 2. The number of aliphatic hydroxyl groups is 1. The van der Waals surface area contributed by atoms with Gasteiger partial charge in [0.2, 0.25) is 0 Å². The van der Waals surface area contributed by atoms with Crippen LogP contribution in [0.2, 0.25) is 0 Å². The van der Waals surface area contributed by atoms with E-state index in [-0.39, 0.29) is 43.5 Å². The summed E-state index contributed by atoms with van der Waals surface area (Å²) in [6.07, 6.45) is 6.78. The van der Waals surface area contributed by atoms with E-state index in [1.54, 1.807) is 0 Å². The third-order valence-electron chi connectivity index (χ3n) is 11.4. The van der Waals surface area contributed by atoms with Crippen LogP contribution in [0.4, 0.5) is 0 Å². The van der Waals surface area contributed by atoms with Gasteiger partial charge in [0.25, 0.3) is 0 Å². The first-order chi connectivity index (χ1) is 26.7. The van der Waals surface area contributed by atoms with Gasteiger partial charge in [0.15, 0.2) is 5.78 Å². The summed E-state index contributed by atoms with van der Waals surface area (Å²) >= 11 is 0. The normalized spacial score (nSPS) is 12.1. The first-order valence-electron chi connectivity index (χ1n) is 19.7. The Bertz CT molecular complexity index is 2870. The molecule has 0 saturated heterocycles. The number of fused-ring (bicyclic) bond motifs is 9. The van der Waals surface area contributed by atoms with Gasteiger partial charge in [-0.1, -0.05) is 90.1 Å². The fourth-order valence-corrected chi connectivity index (χ4v) is 8.45. The Labute approximate surface area is 341 Å². The van der Waals surface area contributed by atoms with Crippen LogP contribution in [-0.4, -0.2) is 20.3 Å². The topological polar surface area (TPSA) is 67.7 Å². The van der Waals surface area contributed by atoms with E-state index < -0.39 is 0 Å². The van der Waals surface area contributed by atoms with Gasteiger partial charge in [-0.3, -0.25) is 4.79 Å². The number of ketones is 1. The Kier molecular flexibility index (Phi) is 11.2. The summed E-state index contributed by atoms with van der Waals surface area (Å²) in [5.74, 6) is 0.547. The van der Waals surface area contributed by atoms with E-state index in [1.807, 2.05) is 33.9 Å². The molecule has 5 nitrogen and oxygen atoms in total. The zero-order chi connectivity index (χ0) is 38.4. The molecule has 4 aromatic heterocycles. The van der Waals surface area contributed by atoms with Gasteiger partial charge in [0.05, 0.1) is 22.3 Å². The Morgan fingerprint density at radius 3 is 2.12 bits per heavy atom. The van der Waals surface area contributed by atoms with Crippen molar-refractivity contribution in [2.75, 3.05) is 0 Å². The van der Waals surface area contributed by atoms with E-state index in [0.29, 0.717) is 0 Å². The molecule has 0 aliphatic carbocycles. The average Bonchev–Trinajstić information content (AvgIpc) is 3.84. The molecule has 0 bridgehead atoms. The van der Waals surface area contributed by atoms with Crippen LogP contribution in [0.5, 0.6) is 0 Å². The van der Waals surface area contributed by atoms with Crippen LogP contribution < -0.4 is 0 Å². The van der Waals surface area contributed by atoms with Crippen LogP contribution in [0, 0.1) is 31.7 Å². The van der Waals surface area contributed by atoms with Crippen molar-refractivity contribution < 1.29 is 34.4 Å².